The van der Waals surface area contributed by atoms with Gasteiger partial charge in [0.2, 0.25) is 0 Å². The summed E-state index contributed by atoms with van der Waals surface area (Å²) in [4.78, 5) is 26.5. The van der Waals surface area contributed by atoms with Crippen molar-refractivity contribution in [2.45, 2.75) is 25.3 Å². The summed E-state index contributed by atoms with van der Waals surface area (Å²) in [7, 11) is 0. The van der Waals surface area contributed by atoms with Gasteiger partial charge in [0.05, 0.1) is 18.3 Å². The predicted octanol–water partition coefficient (Wildman–Crippen LogP) is 0.647. The number of nitrogens with one attached hydrogen (secondary N) is 1. The van der Waals surface area contributed by atoms with E-state index in [9.17, 15) is 9.59 Å². The van der Waals surface area contributed by atoms with Crippen molar-refractivity contribution < 1.29 is 14.7 Å². The molecule has 6 heteroatoms. The molecule has 2 rings (SSSR count). The molecule has 1 aliphatic rings. The smallest absolute Gasteiger partial charge is 0.305 e. The number of aromatic nitrogens is 1. The summed E-state index contributed by atoms with van der Waals surface area (Å²) in [6, 6.07) is 2.80. The molecule has 4 N–H and O–H groups in total. The van der Waals surface area contributed by atoms with Crippen LogP contribution in [0.4, 0.5) is 5.69 Å². The van der Waals surface area contributed by atoms with Crippen LogP contribution in [0.2, 0.25) is 0 Å². The van der Waals surface area contributed by atoms with Crippen molar-refractivity contribution in [2.24, 2.45) is 5.92 Å². The van der Waals surface area contributed by atoms with E-state index in [1.54, 1.807) is 6.07 Å². The molecule has 1 aromatic rings. The number of hydrogen-bond donors (Lipinski definition) is 3. The van der Waals surface area contributed by atoms with E-state index >= 15 is 0 Å². The molecular formula is C12H15N3O3. The zero-order valence-electron chi connectivity index (χ0n) is 9.80. The molecule has 1 amide bonds. The quantitative estimate of drug-likeness (QED) is 0.710. The first-order valence-corrected chi connectivity index (χ1v) is 5.80. The molecule has 1 fully saturated rings. The minimum absolute atomic E-state index is 0.0502. The van der Waals surface area contributed by atoms with Gasteiger partial charge in [0.15, 0.2) is 0 Å². The van der Waals surface area contributed by atoms with E-state index in [1.807, 2.05) is 0 Å². The monoisotopic (exact) mass is 249 g/mol. The number of rotatable bonds is 5. The fourth-order valence-corrected chi connectivity index (χ4v) is 1.80. The summed E-state index contributed by atoms with van der Waals surface area (Å²) < 4.78 is 0. The molecule has 0 saturated heterocycles. The fraction of sp³-hybridized carbons (Fsp3) is 0.417. The topological polar surface area (TPSA) is 105 Å². The van der Waals surface area contributed by atoms with Crippen LogP contribution in [0.3, 0.4) is 0 Å². The summed E-state index contributed by atoms with van der Waals surface area (Å²) in [5.74, 6) is -0.982. The van der Waals surface area contributed by atoms with Crippen LogP contribution in [-0.2, 0) is 4.79 Å². The highest BCUT2D eigenvalue weighted by Gasteiger charge is 2.34. The van der Waals surface area contributed by atoms with Crippen molar-refractivity contribution in [3.63, 3.8) is 0 Å². The second kappa shape index (κ2) is 5.03. The second-order valence-electron chi connectivity index (χ2n) is 4.49. The Labute approximate surface area is 104 Å². The number of aliphatic carboxylic acids is 1. The fourth-order valence-electron chi connectivity index (χ4n) is 1.80. The third-order valence-corrected chi connectivity index (χ3v) is 2.92. The molecule has 6 nitrogen and oxygen atoms in total. The van der Waals surface area contributed by atoms with E-state index in [2.05, 4.69) is 10.3 Å². The summed E-state index contributed by atoms with van der Waals surface area (Å²) in [5.41, 5.74) is 6.21. The van der Waals surface area contributed by atoms with Crippen LogP contribution in [0.1, 0.15) is 29.8 Å². The molecule has 1 unspecified atom stereocenters. The van der Waals surface area contributed by atoms with Crippen molar-refractivity contribution in [3.05, 3.63) is 24.0 Å². The van der Waals surface area contributed by atoms with Crippen LogP contribution < -0.4 is 11.1 Å². The van der Waals surface area contributed by atoms with Gasteiger partial charge in [0, 0.05) is 6.04 Å². The Morgan fingerprint density at radius 2 is 2.22 bits per heavy atom. The third kappa shape index (κ3) is 3.19. The molecule has 1 aliphatic carbocycles. The lowest BCUT2D eigenvalue weighted by molar-refractivity contribution is -0.137. The van der Waals surface area contributed by atoms with Gasteiger partial charge in [-0.1, -0.05) is 0 Å². The van der Waals surface area contributed by atoms with Gasteiger partial charge < -0.3 is 16.2 Å². The number of pyridine rings is 1. The largest absolute Gasteiger partial charge is 0.481 e. The van der Waals surface area contributed by atoms with Crippen molar-refractivity contribution in [3.8, 4) is 0 Å². The van der Waals surface area contributed by atoms with Crippen molar-refractivity contribution in [1.82, 2.24) is 10.3 Å². The van der Waals surface area contributed by atoms with Crippen LogP contribution >= 0.6 is 0 Å². The number of carbonyl (C=O) groups is 2. The minimum atomic E-state index is -0.905. The van der Waals surface area contributed by atoms with Crippen LogP contribution in [0.15, 0.2) is 18.3 Å². The van der Waals surface area contributed by atoms with Gasteiger partial charge in [-0.15, -0.1) is 0 Å². The normalized spacial score (nSPS) is 16.0. The maximum atomic E-state index is 11.9. The van der Waals surface area contributed by atoms with Crippen molar-refractivity contribution in [1.29, 1.82) is 0 Å². The lowest BCUT2D eigenvalue weighted by Crippen LogP contribution is -2.38. The molecule has 0 spiro atoms. The van der Waals surface area contributed by atoms with E-state index in [1.165, 1.54) is 12.3 Å². The Morgan fingerprint density at radius 1 is 1.50 bits per heavy atom. The van der Waals surface area contributed by atoms with Crippen LogP contribution in [0.5, 0.6) is 0 Å². The number of carboxylic acid groups (broad SMARTS) is 1. The van der Waals surface area contributed by atoms with Gasteiger partial charge in [-0.05, 0) is 30.9 Å². The lowest BCUT2D eigenvalue weighted by Gasteiger charge is -2.15. The first kappa shape index (κ1) is 12.3. The van der Waals surface area contributed by atoms with E-state index in [-0.39, 0.29) is 30.0 Å². The zero-order chi connectivity index (χ0) is 13.1. The Hall–Kier alpha value is -2.11. The van der Waals surface area contributed by atoms with Crippen molar-refractivity contribution >= 4 is 17.6 Å². The van der Waals surface area contributed by atoms with Gasteiger partial charge in [-0.25, -0.2) is 4.98 Å². The van der Waals surface area contributed by atoms with E-state index < -0.39 is 5.97 Å². The number of hydrogen-bond acceptors (Lipinski definition) is 4. The molecule has 0 aliphatic heterocycles. The maximum absolute atomic E-state index is 11.9. The predicted molar refractivity (Wildman–Crippen MR) is 64.9 cm³/mol. The highest BCUT2D eigenvalue weighted by Crippen LogP contribution is 2.34. The number of carboxylic acids is 1. The molecular weight excluding hydrogens is 234 g/mol. The second-order valence-corrected chi connectivity index (χ2v) is 4.49. The average Bonchev–Trinajstić information content (AvgIpc) is 3.12. The number of nitrogens with zero attached hydrogens (tertiary/aromatic N) is 1. The van der Waals surface area contributed by atoms with E-state index in [4.69, 9.17) is 10.8 Å². The Bertz CT molecular complexity index is 454. The molecule has 96 valence electrons. The number of nitrogen functional groups attached to an aromatic ring is 1. The molecule has 0 aromatic carbocycles. The molecule has 1 saturated carbocycles. The summed E-state index contributed by atoms with van der Waals surface area (Å²) >= 11 is 0. The molecule has 18 heavy (non-hydrogen) atoms. The Kier molecular flexibility index (Phi) is 3.45. The number of amides is 1. The first-order chi connectivity index (χ1) is 8.56. The highest BCUT2D eigenvalue weighted by atomic mass is 16.4. The van der Waals surface area contributed by atoms with Crippen LogP contribution in [0.25, 0.3) is 0 Å². The van der Waals surface area contributed by atoms with Gasteiger partial charge >= 0.3 is 5.97 Å². The maximum Gasteiger partial charge on any atom is 0.305 e. The van der Waals surface area contributed by atoms with E-state index in [0.717, 1.165) is 12.8 Å². The first-order valence-electron chi connectivity index (χ1n) is 5.80. The summed E-state index contributed by atoms with van der Waals surface area (Å²) in [5, 5.41) is 11.5. The minimum Gasteiger partial charge on any atom is -0.481 e. The average molecular weight is 249 g/mol. The zero-order valence-corrected chi connectivity index (χ0v) is 9.80. The van der Waals surface area contributed by atoms with Crippen LogP contribution in [0, 0.1) is 5.92 Å². The number of nitrogens with two attached hydrogens (primary N) is 1. The van der Waals surface area contributed by atoms with Crippen molar-refractivity contribution in [2.75, 3.05) is 5.73 Å². The number of carbonyl (C=O) groups excluding carboxylic acids is 1. The van der Waals surface area contributed by atoms with Crippen LogP contribution in [-0.4, -0.2) is 28.0 Å². The van der Waals surface area contributed by atoms with Gasteiger partial charge in [0.1, 0.15) is 5.69 Å². The standard InChI is InChI=1S/C12H15N3O3/c13-8-3-4-9(14-6-8)12(18)15-10(5-11(16)17)7-1-2-7/h3-4,6-7,10H,1-2,5,13H2,(H,15,18)(H,16,17). The molecule has 1 heterocycles. The third-order valence-electron chi connectivity index (χ3n) is 2.92. The highest BCUT2D eigenvalue weighted by molar-refractivity contribution is 5.92. The molecule has 0 radical (unpaired) electrons. The molecule has 1 aromatic heterocycles. The number of anilines is 1. The Morgan fingerprint density at radius 3 is 2.72 bits per heavy atom. The van der Waals surface area contributed by atoms with Gasteiger partial charge in [-0.2, -0.15) is 0 Å². The van der Waals surface area contributed by atoms with Gasteiger partial charge in [0.25, 0.3) is 5.91 Å². The SMILES string of the molecule is Nc1ccc(C(=O)NC(CC(=O)O)C2CC2)nc1. The van der Waals surface area contributed by atoms with Gasteiger partial charge in [-0.3, -0.25) is 9.59 Å². The summed E-state index contributed by atoms with van der Waals surface area (Å²) in [6.07, 6.45) is 3.28. The summed E-state index contributed by atoms with van der Waals surface area (Å²) in [6.45, 7) is 0. The van der Waals surface area contributed by atoms with E-state index in [0.29, 0.717) is 5.69 Å². The molecule has 0 bridgehead atoms. The Balaban J connectivity index is 2.00. The lowest BCUT2D eigenvalue weighted by atomic mass is 10.1. The molecule has 1 atom stereocenters.